The first kappa shape index (κ1) is 12.1. The maximum atomic E-state index is 13.4. The summed E-state index contributed by atoms with van der Waals surface area (Å²) < 4.78 is 18.3. The van der Waals surface area contributed by atoms with Crippen molar-refractivity contribution in [1.82, 2.24) is 5.16 Å². The Kier molecular flexibility index (Phi) is 3.17. The van der Waals surface area contributed by atoms with E-state index in [-0.39, 0.29) is 16.5 Å². The molecule has 1 heterocycles. The van der Waals surface area contributed by atoms with Crippen molar-refractivity contribution >= 4 is 33.5 Å². The fraction of sp³-hybridized carbons (Fsp3) is 0. The van der Waals surface area contributed by atoms with Gasteiger partial charge in [-0.05, 0) is 28.1 Å². The molecule has 1 aromatic carbocycles. The molecule has 88 valence electrons. The second-order valence-electron chi connectivity index (χ2n) is 3.14. The van der Waals surface area contributed by atoms with Gasteiger partial charge in [-0.25, -0.2) is 9.18 Å². The van der Waals surface area contributed by atoms with E-state index in [1.165, 1.54) is 12.1 Å². The molecular weight excluding hydrogens is 316 g/mol. The van der Waals surface area contributed by atoms with Crippen molar-refractivity contribution in [3.05, 3.63) is 39.3 Å². The zero-order valence-electron chi connectivity index (χ0n) is 8.08. The minimum Gasteiger partial charge on any atom is -0.475 e. The molecule has 0 fully saturated rings. The van der Waals surface area contributed by atoms with Crippen molar-refractivity contribution in [1.29, 1.82) is 0 Å². The largest absolute Gasteiger partial charge is 0.475 e. The predicted octanol–water partition coefficient (Wildman–Crippen LogP) is 3.59. The average Bonchev–Trinajstić information content (AvgIpc) is 2.74. The van der Waals surface area contributed by atoms with E-state index in [0.717, 1.165) is 6.07 Å². The minimum atomic E-state index is -1.24. The van der Waals surface area contributed by atoms with Crippen molar-refractivity contribution in [2.24, 2.45) is 0 Å². The number of aromatic carboxylic acids is 1. The lowest BCUT2D eigenvalue weighted by Gasteiger charge is -2.01. The molecule has 0 aliphatic rings. The second kappa shape index (κ2) is 4.46. The summed E-state index contributed by atoms with van der Waals surface area (Å²) in [6, 6.07) is 3.88. The number of carboxylic acids is 1. The van der Waals surface area contributed by atoms with Crippen LogP contribution in [0.25, 0.3) is 11.3 Å². The van der Waals surface area contributed by atoms with Crippen LogP contribution < -0.4 is 0 Å². The molecule has 0 saturated heterocycles. The Labute approximate surface area is 108 Å². The predicted molar refractivity (Wildman–Crippen MR) is 61.6 cm³/mol. The third-order valence-electron chi connectivity index (χ3n) is 2.00. The summed E-state index contributed by atoms with van der Waals surface area (Å²) in [5, 5.41) is 12.1. The van der Waals surface area contributed by atoms with Gasteiger partial charge >= 0.3 is 5.97 Å². The molecule has 7 heteroatoms. The number of hydrogen-bond donors (Lipinski definition) is 1. The quantitative estimate of drug-likeness (QED) is 0.859. The summed E-state index contributed by atoms with van der Waals surface area (Å²) in [7, 11) is 0. The van der Waals surface area contributed by atoms with Crippen LogP contribution in [-0.2, 0) is 0 Å². The van der Waals surface area contributed by atoms with Crippen molar-refractivity contribution in [3.8, 4) is 11.3 Å². The van der Waals surface area contributed by atoms with E-state index in [2.05, 4.69) is 25.6 Å². The van der Waals surface area contributed by atoms with Gasteiger partial charge < -0.3 is 9.63 Å². The monoisotopic (exact) mass is 319 g/mol. The highest BCUT2D eigenvalue weighted by Crippen LogP contribution is 2.31. The van der Waals surface area contributed by atoms with E-state index in [9.17, 15) is 9.18 Å². The Morgan fingerprint density at radius 1 is 1.47 bits per heavy atom. The Morgan fingerprint density at radius 2 is 2.18 bits per heavy atom. The molecule has 0 spiro atoms. The zero-order chi connectivity index (χ0) is 12.6. The molecule has 0 atom stereocenters. The summed E-state index contributed by atoms with van der Waals surface area (Å²) in [5.74, 6) is -2.18. The van der Waals surface area contributed by atoms with Gasteiger partial charge in [0, 0.05) is 16.1 Å². The number of aromatic nitrogens is 1. The van der Waals surface area contributed by atoms with E-state index in [4.69, 9.17) is 16.7 Å². The molecule has 1 N–H and O–H groups in total. The van der Waals surface area contributed by atoms with Gasteiger partial charge in [-0.3, -0.25) is 0 Å². The maximum absolute atomic E-state index is 13.4. The van der Waals surface area contributed by atoms with Gasteiger partial charge in [0.2, 0.25) is 5.76 Å². The Morgan fingerprint density at radius 3 is 2.71 bits per heavy atom. The SMILES string of the molecule is O=C(O)c1cc(-c2cc(F)c(Cl)c(Br)c2)no1. The van der Waals surface area contributed by atoms with Crippen molar-refractivity contribution in [2.45, 2.75) is 0 Å². The van der Waals surface area contributed by atoms with Gasteiger partial charge in [0.1, 0.15) is 11.5 Å². The van der Waals surface area contributed by atoms with Crippen molar-refractivity contribution in [3.63, 3.8) is 0 Å². The Bertz CT molecular complexity index is 576. The topological polar surface area (TPSA) is 63.3 Å². The Hall–Kier alpha value is -1.40. The highest BCUT2D eigenvalue weighted by Gasteiger charge is 2.15. The molecular formula is C10H4BrClFNO3. The van der Waals surface area contributed by atoms with Crippen LogP contribution >= 0.6 is 27.5 Å². The number of benzene rings is 1. The van der Waals surface area contributed by atoms with Crippen LogP contribution in [0.3, 0.4) is 0 Å². The number of nitrogens with zero attached hydrogens (tertiary/aromatic N) is 1. The molecule has 0 saturated carbocycles. The molecule has 0 bridgehead atoms. The zero-order valence-corrected chi connectivity index (χ0v) is 10.4. The summed E-state index contributed by atoms with van der Waals surface area (Å²) in [6.45, 7) is 0. The average molecular weight is 321 g/mol. The van der Waals surface area contributed by atoms with Gasteiger partial charge in [-0.2, -0.15) is 0 Å². The fourth-order valence-electron chi connectivity index (χ4n) is 1.22. The first-order valence-corrected chi connectivity index (χ1v) is 5.51. The van der Waals surface area contributed by atoms with Gasteiger partial charge in [0.05, 0.1) is 5.02 Å². The van der Waals surface area contributed by atoms with E-state index < -0.39 is 11.8 Å². The summed E-state index contributed by atoms with van der Waals surface area (Å²) in [5.41, 5.74) is 0.591. The molecule has 0 amide bonds. The van der Waals surface area contributed by atoms with Crippen molar-refractivity contribution < 1.29 is 18.8 Å². The van der Waals surface area contributed by atoms with E-state index in [1.807, 2.05) is 0 Å². The first-order chi connectivity index (χ1) is 7.99. The number of hydrogen-bond acceptors (Lipinski definition) is 3. The second-order valence-corrected chi connectivity index (χ2v) is 4.37. The number of halogens is 3. The van der Waals surface area contributed by atoms with E-state index in [1.54, 1.807) is 0 Å². The van der Waals surface area contributed by atoms with Crippen LogP contribution in [0.2, 0.25) is 5.02 Å². The minimum absolute atomic E-state index is 0.0456. The van der Waals surface area contributed by atoms with Crippen LogP contribution in [-0.4, -0.2) is 16.2 Å². The third kappa shape index (κ3) is 2.32. The standard InChI is InChI=1S/C10H4BrClFNO3/c11-5-1-4(2-6(13)9(5)12)7-3-8(10(15)16)17-14-7/h1-3H,(H,15,16). The normalized spacial score (nSPS) is 10.5. The molecule has 0 unspecified atom stereocenters. The number of rotatable bonds is 2. The number of carbonyl (C=O) groups is 1. The van der Waals surface area contributed by atoms with Crippen LogP contribution in [0.1, 0.15) is 10.6 Å². The summed E-state index contributed by atoms with van der Waals surface area (Å²) >= 11 is 8.72. The number of carboxylic acid groups (broad SMARTS) is 1. The lowest BCUT2D eigenvalue weighted by atomic mass is 10.1. The van der Waals surface area contributed by atoms with Gasteiger partial charge in [0.25, 0.3) is 0 Å². The van der Waals surface area contributed by atoms with Gasteiger partial charge in [-0.15, -0.1) is 0 Å². The molecule has 0 aliphatic heterocycles. The maximum Gasteiger partial charge on any atom is 0.374 e. The Balaban J connectivity index is 2.49. The van der Waals surface area contributed by atoms with Gasteiger partial charge in [0.15, 0.2) is 0 Å². The first-order valence-electron chi connectivity index (χ1n) is 4.34. The van der Waals surface area contributed by atoms with Crippen molar-refractivity contribution in [2.75, 3.05) is 0 Å². The van der Waals surface area contributed by atoms with Crippen LogP contribution in [0.5, 0.6) is 0 Å². The summed E-state index contributed by atoms with van der Waals surface area (Å²) in [4.78, 5) is 10.6. The molecule has 4 nitrogen and oxygen atoms in total. The molecule has 0 radical (unpaired) electrons. The fourth-order valence-corrected chi connectivity index (χ4v) is 1.76. The van der Waals surface area contributed by atoms with Crippen LogP contribution in [0.4, 0.5) is 4.39 Å². The van der Waals surface area contributed by atoms with E-state index in [0.29, 0.717) is 10.0 Å². The molecule has 2 aromatic rings. The highest BCUT2D eigenvalue weighted by atomic mass is 79.9. The van der Waals surface area contributed by atoms with Gasteiger partial charge in [-0.1, -0.05) is 16.8 Å². The lowest BCUT2D eigenvalue weighted by Crippen LogP contribution is -1.91. The molecule has 2 rings (SSSR count). The molecule has 0 aliphatic carbocycles. The van der Waals surface area contributed by atoms with E-state index >= 15 is 0 Å². The molecule has 17 heavy (non-hydrogen) atoms. The summed E-state index contributed by atoms with van der Waals surface area (Å²) in [6.07, 6.45) is 0. The van der Waals surface area contributed by atoms with Crippen LogP contribution in [0, 0.1) is 5.82 Å². The van der Waals surface area contributed by atoms with Crippen LogP contribution in [0.15, 0.2) is 27.2 Å². The molecule has 1 aromatic heterocycles. The smallest absolute Gasteiger partial charge is 0.374 e. The third-order valence-corrected chi connectivity index (χ3v) is 3.24. The highest BCUT2D eigenvalue weighted by molar-refractivity contribution is 9.10. The lowest BCUT2D eigenvalue weighted by molar-refractivity contribution is 0.0652.